The van der Waals surface area contributed by atoms with E-state index in [1.54, 1.807) is 0 Å². The maximum atomic E-state index is 12.9. The molecule has 3 N–H and O–H groups in total. The van der Waals surface area contributed by atoms with Crippen molar-refractivity contribution < 1.29 is 9.59 Å². The van der Waals surface area contributed by atoms with E-state index < -0.39 is 0 Å². The first-order valence-corrected chi connectivity index (χ1v) is 13.3. The lowest BCUT2D eigenvalue weighted by Crippen LogP contribution is -2.36. The first-order chi connectivity index (χ1) is 17.1. The standard InChI is InChI=1S/C29H36N4O2/c1-2-19-8-6-7-11-24(19)29(35)31-23-16-17-25-26(18-23)33-27(32-25)20-12-14-21(15-13-20)28(34)30-22-9-4-3-5-10-22/h12-19,22,24H,2-11H2,1H3,(H,30,34)(H,31,35)(H,32,33). The number of aromatic nitrogens is 2. The molecule has 3 aromatic rings. The Hall–Kier alpha value is -3.15. The number of rotatable bonds is 6. The Balaban J connectivity index is 1.26. The average molecular weight is 473 g/mol. The first-order valence-electron chi connectivity index (χ1n) is 13.3. The molecular formula is C29H36N4O2. The number of hydrogen-bond donors (Lipinski definition) is 3. The summed E-state index contributed by atoms with van der Waals surface area (Å²) in [7, 11) is 0. The van der Waals surface area contributed by atoms with E-state index in [9.17, 15) is 9.59 Å². The molecule has 2 fully saturated rings. The minimum absolute atomic E-state index is 0.00304. The summed E-state index contributed by atoms with van der Waals surface area (Å²) in [4.78, 5) is 33.6. The number of carbonyl (C=O) groups excluding carboxylic acids is 2. The van der Waals surface area contributed by atoms with E-state index in [4.69, 9.17) is 4.98 Å². The van der Waals surface area contributed by atoms with Gasteiger partial charge in [-0.05, 0) is 61.9 Å². The van der Waals surface area contributed by atoms with Crippen molar-refractivity contribution in [3.05, 3.63) is 48.0 Å². The summed E-state index contributed by atoms with van der Waals surface area (Å²) in [5, 5.41) is 6.31. The van der Waals surface area contributed by atoms with Gasteiger partial charge in [0.05, 0.1) is 11.0 Å². The maximum absolute atomic E-state index is 12.9. The fourth-order valence-corrected chi connectivity index (χ4v) is 5.80. The number of carbonyl (C=O) groups is 2. The first kappa shape index (κ1) is 23.6. The van der Waals surface area contributed by atoms with Crippen LogP contribution in [-0.2, 0) is 4.79 Å². The third-order valence-corrected chi connectivity index (χ3v) is 7.88. The highest BCUT2D eigenvalue weighted by Gasteiger charge is 2.29. The van der Waals surface area contributed by atoms with E-state index >= 15 is 0 Å². The van der Waals surface area contributed by atoms with Crippen LogP contribution >= 0.6 is 0 Å². The smallest absolute Gasteiger partial charge is 0.251 e. The van der Waals surface area contributed by atoms with E-state index in [1.807, 2.05) is 42.5 Å². The van der Waals surface area contributed by atoms with Crippen molar-refractivity contribution in [2.75, 3.05) is 5.32 Å². The lowest BCUT2D eigenvalue weighted by Gasteiger charge is -2.29. The zero-order chi connectivity index (χ0) is 24.2. The molecule has 2 aliphatic rings. The molecule has 2 saturated carbocycles. The van der Waals surface area contributed by atoms with Crippen LogP contribution in [0.3, 0.4) is 0 Å². The molecule has 2 amide bonds. The molecule has 0 radical (unpaired) electrons. The Morgan fingerprint density at radius 3 is 2.46 bits per heavy atom. The molecule has 1 heterocycles. The van der Waals surface area contributed by atoms with Crippen LogP contribution in [0.4, 0.5) is 5.69 Å². The molecule has 0 spiro atoms. The van der Waals surface area contributed by atoms with Crippen molar-refractivity contribution in [1.29, 1.82) is 0 Å². The molecule has 2 atom stereocenters. The number of nitrogens with one attached hydrogen (secondary N) is 3. The van der Waals surface area contributed by atoms with Gasteiger partial charge in [-0.2, -0.15) is 0 Å². The van der Waals surface area contributed by atoms with E-state index in [1.165, 1.54) is 25.7 Å². The molecule has 2 unspecified atom stereocenters. The number of hydrogen-bond acceptors (Lipinski definition) is 3. The van der Waals surface area contributed by atoms with Gasteiger partial charge < -0.3 is 15.6 Å². The Bertz CT molecular complexity index is 1180. The quantitative estimate of drug-likeness (QED) is 0.385. The van der Waals surface area contributed by atoms with Gasteiger partial charge in [0.15, 0.2) is 0 Å². The molecule has 35 heavy (non-hydrogen) atoms. The summed E-state index contributed by atoms with van der Waals surface area (Å²) in [5.74, 6) is 1.48. The van der Waals surface area contributed by atoms with E-state index in [0.29, 0.717) is 17.5 Å². The van der Waals surface area contributed by atoms with Crippen molar-refractivity contribution >= 4 is 28.5 Å². The van der Waals surface area contributed by atoms with Gasteiger partial charge in [-0.15, -0.1) is 0 Å². The number of amides is 2. The topological polar surface area (TPSA) is 86.9 Å². The van der Waals surface area contributed by atoms with Crippen molar-refractivity contribution in [1.82, 2.24) is 15.3 Å². The molecule has 6 heteroatoms. The molecule has 2 aromatic carbocycles. The van der Waals surface area contributed by atoms with Crippen LogP contribution in [0.25, 0.3) is 22.4 Å². The second-order valence-electron chi connectivity index (χ2n) is 10.3. The number of imidazole rings is 1. The van der Waals surface area contributed by atoms with Gasteiger partial charge in [0.25, 0.3) is 5.91 Å². The van der Waals surface area contributed by atoms with Gasteiger partial charge in [-0.1, -0.05) is 57.6 Å². The largest absolute Gasteiger partial charge is 0.349 e. The summed E-state index contributed by atoms with van der Waals surface area (Å²) in [6, 6.07) is 13.7. The van der Waals surface area contributed by atoms with Gasteiger partial charge in [0, 0.05) is 28.8 Å². The van der Waals surface area contributed by atoms with Gasteiger partial charge in [-0.3, -0.25) is 9.59 Å². The summed E-state index contributed by atoms with van der Waals surface area (Å²) in [6.45, 7) is 2.18. The SMILES string of the molecule is CCC1CCCCC1C(=O)Nc1ccc2nc(-c3ccc(C(=O)NC4CCCCC4)cc3)[nH]c2c1. The van der Waals surface area contributed by atoms with E-state index in [2.05, 4.69) is 22.5 Å². The Labute approximate surface area is 207 Å². The second-order valence-corrected chi connectivity index (χ2v) is 10.3. The number of nitrogens with zero attached hydrogens (tertiary/aromatic N) is 1. The van der Waals surface area contributed by atoms with Gasteiger partial charge in [0.1, 0.15) is 5.82 Å². The molecule has 0 aliphatic heterocycles. The summed E-state index contributed by atoms with van der Waals surface area (Å²) >= 11 is 0. The fourth-order valence-electron chi connectivity index (χ4n) is 5.80. The molecule has 0 saturated heterocycles. The normalized spacial score (nSPS) is 21.1. The van der Waals surface area contributed by atoms with Gasteiger partial charge >= 0.3 is 0 Å². The summed E-state index contributed by atoms with van der Waals surface area (Å²) in [6.07, 6.45) is 11.4. The molecule has 5 rings (SSSR count). The van der Waals surface area contributed by atoms with Crippen LogP contribution in [-0.4, -0.2) is 27.8 Å². The maximum Gasteiger partial charge on any atom is 0.251 e. The van der Waals surface area contributed by atoms with E-state index in [-0.39, 0.29) is 17.7 Å². The minimum Gasteiger partial charge on any atom is -0.349 e. The van der Waals surface area contributed by atoms with E-state index in [0.717, 1.165) is 66.6 Å². The lowest BCUT2D eigenvalue weighted by molar-refractivity contribution is -0.122. The van der Waals surface area contributed by atoms with Crippen LogP contribution in [0.1, 0.15) is 81.5 Å². The molecule has 2 aliphatic carbocycles. The van der Waals surface area contributed by atoms with Crippen molar-refractivity contribution in [3.63, 3.8) is 0 Å². The van der Waals surface area contributed by atoms with Gasteiger partial charge in [-0.25, -0.2) is 4.98 Å². The highest BCUT2D eigenvalue weighted by atomic mass is 16.2. The predicted molar refractivity (Wildman–Crippen MR) is 140 cm³/mol. The Morgan fingerprint density at radius 2 is 1.69 bits per heavy atom. The molecular weight excluding hydrogens is 436 g/mol. The number of aromatic amines is 1. The summed E-state index contributed by atoms with van der Waals surface area (Å²) < 4.78 is 0. The molecule has 1 aromatic heterocycles. The number of H-pyrrole nitrogens is 1. The zero-order valence-corrected chi connectivity index (χ0v) is 20.6. The fraction of sp³-hybridized carbons (Fsp3) is 0.483. The molecule has 184 valence electrons. The number of fused-ring (bicyclic) bond motifs is 1. The highest BCUT2D eigenvalue weighted by molar-refractivity contribution is 5.96. The molecule has 0 bridgehead atoms. The third-order valence-electron chi connectivity index (χ3n) is 7.88. The highest BCUT2D eigenvalue weighted by Crippen LogP contribution is 2.33. The van der Waals surface area contributed by atoms with Crippen molar-refractivity contribution in [3.8, 4) is 11.4 Å². The molecule has 6 nitrogen and oxygen atoms in total. The zero-order valence-electron chi connectivity index (χ0n) is 20.6. The van der Waals surface area contributed by atoms with Crippen molar-refractivity contribution in [2.24, 2.45) is 11.8 Å². The average Bonchev–Trinajstić information content (AvgIpc) is 3.33. The van der Waals surface area contributed by atoms with Crippen LogP contribution < -0.4 is 10.6 Å². The van der Waals surface area contributed by atoms with Gasteiger partial charge in [0.2, 0.25) is 5.91 Å². The predicted octanol–water partition coefficient (Wildman–Crippen LogP) is 6.45. The Morgan fingerprint density at radius 1 is 0.943 bits per heavy atom. The van der Waals surface area contributed by atoms with Crippen LogP contribution in [0.5, 0.6) is 0 Å². The van der Waals surface area contributed by atoms with Crippen LogP contribution in [0, 0.1) is 11.8 Å². The third kappa shape index (κ3) is 5.42. The number of benzene rings is 2. The Kier molecular flexibility index (Phi) is 7.16. The summed E-state index contributed by atoms with van der Waals surface area (Å²) in [5.41, 5.74) is 4.13. The number of anilines is 1. The van der Waals surface area contributed by atoms with Crippen molar-refractivity contribution in [2.45, 2.75) is 77.2 Å². The lowest BCUT2D eigenvalue weighted by atomic mass is 9.77. The van der Waals surface area contributed by atoms with Crippen LogP contribution in [0.15, 0.2) is 42.5 Å². The van der Waals surface area contributed by atoms with Crippen LogP contribution in [0.2, 0.25) is 0 Å². The monoisotopic (exact) mass is 472 g/mol. The second kappa shape index (κ2) is 10.6. The minimum atomic E-state index is -0.00304.